The molecular formula is C15H19NS. The van der Waals surface area contributed by atoms with Crippen molar-refractivity contribution in [3.05, 3.63) is 47.4 Å². The van der Waals surface area contributed by atoms with E-state index in [0.29, 0.717) is 0 Å². The molecule has 1 unspecified atom stereocenters. The van der Waals surface area contributed by atoms with Crippen molar-refractivity contribution in [1.82, 2.24) is 0 Å². The molecule has 1 atom stereocenters. The van der Waals surface area contributed by atoms with Crippen LogP contribution in [0.4, 0.5) is 0 Å². The van der Waals surface area contributed by atoms with Crippen molar-refractivity contribution in [2.75, 3.05) is 5.75 Å². The average molecular weight is 245 g/mol. The zero-order valence-electron chi connectivity index (χ0n) is 10.5. The molecule has 2 heteroatoms. The fourth-order valence-electron chi connectivity index (χ4n) is 1.46. The van der Waals surface area contributed by atoms with Gasteiger partial charge >= 0.3 is 0 Å². The van der Waals surface area contributed by atoms with Gasteiger partial charge in [0.25, 0.3) is 0 Å². The summed E-state index contributed by atoms with van der Waals surface area (Å²) < 4.78 is 0. The molecule has 0 aliphatic carbocycles. The van der Waals surface area contributed by atoms with Crippen molar-refractivity contribution < 1.29 is 0 Å². The third-order valence-electron chi connectivity index (χ3n) is 2.72. The van der Waals surface area contributed by atoms with Gasteiger partial charge in [-0.1, -0.05) is 49.8 Å². The van der Waals surface area contributed by atoms with E-state index >= 15 is 0 Å². The second kappa shape index (κ2) is 7.19. The van der Waals surface area contributed by atoms with Crippen LogP contribution in [0, 0.1) is 11.3 Å². The molecule has 90 valence electrons. The lowest BCUT2D eigenvalue weighted by Gasteiger charge is -2.17. The molecule has 1 aromatic carbocycles. The number of thioether (sulfide) groups is 1. The predicted molar refractivity (Wildman–Crippen MR) is 75.9 cm³/mol. The smallest absolute Gasteiger partial charge is 0.0982 e. The van der Waals surface area contributed by atoms with E-state index in [2.05, 4.69) is 18.4 Å². The Morgan fingerprint density at radius 3 is 2.65 bits per heavy atom. The molecule has 0 aromatic heterocycles. The Labute approximate surface area is 109 Å². The van der Waals surface area contributed by atoms with E-state index in [4.69, 9.17) is 0 Å². The van der Waals surface area contributed by atoms with Crippen LogP contribution < -0.4 is 0 Å². The fourth-order valence-corrected chi connectivity index (χ4v) is 2.42. The van der Waals surface area contributed by atoms with E-state index in [1.54, 1.807) is 11.8 Å². The number of hydrogen-bond donors (Lipinski definition) is 0. The molecular weight excluding hydrogens is 226 g/mol. The summed E-state index contributed by atoms with van der Waals surface area (Å²) in [7, 11) is 0. The number of nitrogens with zero attached hydrogens (tertiary/aromatic N) is 1. The van der Waals surface area contributed by atoms with Crippen LogP contribution in [0.5, 0.6) is 0 Å². The quantitative estimate of drug-likeness (QED) is 0.688. The number of rotatable bonds is 6. The molecule has 0 radical (unpaired) electrons. The van der Waals surface area contributed by atoms with Gasteiger partial charge in [0.15, 0.2) is 0 Å². The second-order valence-corrected chi connectivity index (χ2v) is 5.22. The summed E-state index contributed by atoms with van der Waals surface area (Å²) in [6, 6.07) is 12.3. The van der Waals surface area contributed by atoms with Crippen LogP contribution in [0.2, 0.25) is 0 Å². The Balaban J connectivity index is 2.67. The molecule has 0 aliphatic heterocycles. The summed E-state index contributed by atoms with van der Waals surface area (Å²) in [5.41, 5.74) is 0.537. The van der Waals surface area contributed by atoms with Crippen LogP contribution >= 0.6 is 11.8 Å². The van der Waals surface area contributed by atoms with Gasteiger partial charge in [0.05, 0.1) is 11.5 Å². The summed E-state index contributed by atoms with van der Waals surface area (Å²) in [5, 5.41) is 11.4. The van der Waals surface area contributed by atoms with E-state index in [9.17, 15) is 5.26 Å². The number of nitriles is 1. The Morgan fingerprint density at radius 2 is 2.06 bits per heavy atom. The van der Waals surface area contributed by atoms with Gasteiger partial charge in [-0.2, -0.15) is 5.26 Å². The van der Waals surface area contributed by atoms with E-state index in [1.165, 1.54) is 12.8 Å². The summed E-state index contributed by atoms with van der Waals surface area (Å²) in [6.07, 6.45) is 4.45. The lowest BCUT2D eigenvalue weighted by molar-refractivity contribution is 0.776. The Morgan fingerprint density at radius 1 is 1.35 bits per heavy atom. The summed E-state index contributed by atoms with van der Waals surface area (Å²) in [5.74, 6) is 1.13. The van der Waals surface area contributed by atoms with E-state index in [-0.39, 0.29) is 0 Å². The van der Waals surface area contributed by atoms with Crippen LogP contribution in [-0.2, 0) is 5.41 Å². The van der Waals surface area contributed by atoms with Gasteiger partial charge in [-0.25, -0.2) is 0 Å². The monoisotopic (exact) mass is 245 g/mol. The highest BCUT2D eigenvalue weighted by molar-refractivity contribution is 8.02. The van der Waals surface area contributed by atoms with Crippen LogP contribution in [0.1, 0.15) is 32.3 Å². The first-order valence-corrected chi connectivity index (χ1v) is 7.04. The zero-order chi connectivity index (χ0) is 12.6. The number of unbranched alkanes of at least 4 members (excludes halogenated alkanes) is 1. The molecule has 0 spiro atoms. The second-order valence-electron chi connectivity index (χ2n) is 4.21. The highest BCUT2D eigenvalue weighted by Crippen LogP contribution is 2.25. The van der Waals surface area contributed by atoms with Gasteiger partial charge in [-0.15, -0.1) is 11.8 Å². The first kappa shape index (κ1) is 13.9. The van der Waals surface area contributed by atoms with Crippen LogP contribution in [0.3, 0.4) is 0 Å². The highest BCUT2D eigenvalue weighted by atomic mass is 32.2. The SMILES string of the molecule is CCCCS/C=C/C(C)(C#N)c1ccccc1. The van der Waals surface area contributed by atoms with Gasteiger partial charge in [0, 0.05) is 0 Å². The Kier molecular flexibility index (Phi) is 5.86. The topological polar surface area (TPSA) is 23.8 Å². The van der Waals surface area contributed by atoms with Gasteiger partial charge in [0.1, 0.15) is 0 Å². The van der Waals surface area contributed by atoms with Crippen LogP contribution in [0.25, 0.3) is 0 Å². The van der Waals surface area contributed by atoms with Crippen LogP contribution in [-0.4, -0.2) is 5.75 Å². The molecule has 1 rings (SSSR count). The van der Waals surface area contributed by atoms with E-state index < -0.39 is 5.41 Å². The number of allylic oxidation sites excluding steroid dienone is 1. The molecule has 0 bridgehead atoms. The third kappa shape index (κ3) is 4.28. The van der Waals surface area contributed by atoms with Gasteiger partial charge < -0.3 is 0 Å². The van der Waals surface area contributed by atoms with Crippen molar-refractivity contribution >= 4 is 11.8 Å². The van der Waals surface area contributed by atoms with Gasteiger partial charge in [0.2, 0.25) is 0 Å². The summed E-state index contributed by atoms with van der Waals surface area (Å²) >= 11 is 1.78. The summed E-state index contributed by atoms with van der Waals surface area (Å²) in [4.78, 5) is 0. The summed E-state index contributed by atoms with van der Waals surface area (Å²) in [6.45, 7) is 4.15. The first-order chi connectivity index (χ1) is 8.23. The van der Waals surface area contributed by atoms with E-state index in [1.807, 2.05) is 43.3 Å². The Hall–Kier alpha value is -1.20. The molecule has 0 aliphatic rings. The molecule has 1 nitrogen and oxygen atoms in total. The first-order valence-electron chi connectivity index (χ1n) is 5.99. The van der Waals surface area contributed by atoms with Gasteiger partial charge in [-0.3, -0.25) is 0 Å². The minimum atomic E-state index is -0.513. The lowest BCUT2D eigenvalue weighted by atomic mass is 9.84. The normalized spacial score (nSPS) is 14.4. The van der Waals surface area contributed by atoms with Crippen molar-refractivity contribution in [2.45, 2.75) is 32.1 Å². The number of hydrogen-bond acceptors (Lipinski definition) is 2. The molecule has 1 aromatic rings. The minimum absolute atomic E-state index is 0.513. The average Bonchev–Trinajstić information content (AvgIpc) is 2.39. The maximum Gasteiger partial charge on any atom is 0.0982 e. The highest BCUT2D eigenvalue weighted by Gasteiger charge is 2.22. The Bertz CT molecular complexity index is 391. The maximum atomic E-state index is 9.33. The van der Waals surface area contributed by atoms with Crippen molar-refractivity contribution in [1.29, 1.82) is 5.26 Å². The standard InChI is InChI=1S/C15H19NS/c1-3-4-11-17-12-10-15(2,13-16)14-8-6-5-7-9-14/h5-10,12H,3-4,11H2,1-2H3/b12-10+. The third-order valence-corrected chi connectivity index (χ3v) is 3.57. The van der Waals surface area contributed by atoms with Crippen LogP contribution in [0.15, 0.2) is 41.8 Å². The molecule has 0 saturated carbocycles. The zero-order valence-corrected chi connectivity index (χ0v) is 11.3. The predicted octanol–water partition coefficient (Wildman–Crippen LogP) is 4.51. The maximum absolute atomic E-state index is 9.33. The number of benzene rings is 1. The molecule has 0 heterocycles. The molecule has 0 saturated heterocycles. The molecule has 0 amide bonds. The fraction of sp³-hybridized carbons (Fsp3) is 0.400. The largest absolute Gasteiger partial charge is 0.197 e. The van der Waals surface area contributed by atoms with Crippen molar-refractivity contribution in [3.63, 3.8) is 0 Å². The minimum Gasteiger partial charge on any atom is -0.197 e. The molecule has 17 heavy (non-hydrogen) atoms. The molecule has 0 N–H and O–H groups in total. The van der Waals surface area contributed by atoms with E-state index in [0.717, 1.165) is 11.3 Å². The lowest BCUT2D eigenvalue weighted by Crippen LogP contribution is -2.15. The van der Waals surface area contributed by atoms with Gasteiger partial charge in [-0.05, 0) is 30.1 Å². The van der Waals surface area contributed by atoms with Crippen molar-refractivity contribution in [3.8, 4) is 6.07 Å². The molecule has 0 fully saturated rings. The van der Waals surface area contributed by atoms with Crippen molar-refractivity contribution in [2.24, 2.45) is 0 Å².